The minimum absolute atomic E-state index is 0.232. The number of aliphatic hydroxyl groups excluding tert-OH is 1. The Hall–Kier alpha value is -0.350. The third-order valence-electron chi connectivity index (χ3n) is 4.92. The minimum atomic E-state index is -0.232. The van der Waals surface area contributed by atoms with E-state index in [4.69, 9.17) is 0 Å². The van der Waals surface area contributed by atoms with Gasteiger partial charge < -0.3 is 5.11 Å². The van der Waals surface area contributed by atoms with E-state index in [2.05, 4.69) is 34.9 Å². The van der Waals surface area contributed by atoms with Crippen LogP contribution in [0.4, 0.5) is 0 Å². The van der Waals surface area contributed by atoms with Crippen molar-refractivity contribution < 1.29 is 5.11 Å². The van der Waals surface area contributed by atoms with Crippen molar-refractivity contribution in [3.05, 3.63) is 15.9 Å². The summed E-state index contributed by atoms with van der Waals surface area (Å²) in [4.78, 5) is 0. The SMILES string of the molecule is CCc1nn(C)c(CC(O)C2CCC(CC)CC2)c1Br. The van der Waals surface area contributed by atoms with E-state index in [1.807, 2.05) is 11.7 Å². The maximum Gasteiger partial charge on any atom is 0.0766 e. The lowest BCUT2D eigenvalue weighted by molar-refractivity contribution is 0.0719. The fourth-order valence-electron chi connectivity index (χ4n) is 3.39. The molecule has 1 aliphatic rings. The molecule has 1 fully saturated rings. The van der Waals surface area contributed by atoms with Crippen LogP contribution in [0.3, 0.4) is 0 Å². The summed E-state index contributed by atoms with van der Waals surface area (Å²) in [5, 5.41) is 15.1. The summed E-state index contributed by atoms with van der Waals surface area (Å²) in [6.45, 7) is 4.39. The molecule has 2 rings (SSSR count). The summed E-state index contributed by atoms with van der Waals surface area (Å²) in [6.07, 6.45) is 7.61. The lowest BCUT2D eigenvalue weighted by Gasteiger charge is -2.31. The van der Waals surface area contributed by atoms with Gasteiger partial charge in [-0.1, -0.05) is 33.1 Å². The highest BCUT2D eigenvalue weighted by atomic mass is 79.9. The van der Waals surface area contributed by atoms with Gasteiger partial charge >= 0.3 is 0 Å². The second kappa shape index (κ2) is 7.08. The highest BCUT2D eigenvalue weighted by Crippen LogP contribution is 2.34. The average Bonchev–Trinajstić information content (AvgIpc) is 2.74. The van der Waals surface area contributed by atoms with Gasteiger partial charge in [0.15, 0.2) is 0 Å². The molecular weight excluding hydrogens is 316 g/mol. The van der Waals surface area contributed by atoms with Crippen LogP contribution in [0.2, 0.25) is 0 Å². The molecule has 0 saturated heterocycles. The Morgan fingerprint density at radius 1 is 1.30 bits per heavy atom. The van der Waals surface area contributed by atoms with E-state index in [0.29, 0.717) is 12.3 Å². The Morgan fingerprint density at radius 2 is 1.95 bits per heavy atom. The van der Waals surface area contributed by atoms with Crippen molar-refractivity contribution in [1.82, 2.24) is 9.78 Å². The van der Waals surface area contributed by atoms with Crippen LogP contribution in [0.15, 0.2) is 4.47 Å². The van der Waals surface area contributed by atoms with E-state index in [9.17, 15) is 5.11 Å². The lowest BCUT2D eigenvalue weighted by Crippen LogP contribution is -2.28. The van der Waals surface area contributed by atoms with Crippen LogP contribution in [0, 0.1) is 11.8 Å². The fourth-order valence-corrected chi connectivity index (χ4v) is 4.17. The van der Waals surface area contributed by atoms with E-state index in [1.54, 1.807) is 0 Å². The van der Waals surface area contributed by atoms with E-state index in [1.165, 1.54) is 32.1 Å². The summed E-state index contributed by atoms with van der Waals surface area (Å²) in [7, 11) is 1.97. The van der Waals surface area contributed by atoms with Crippen LogP contribution < -0.4 is 0 Å². The summed E-state index contributed by atoms with van der Waals surface area (Å²) in [5.41, 5.74) is 2.22. The molecule has 0 amide bonds. The first-order valence-corrected chi connectivity index (χ1v) is 8.74. The predicted molar refractivity (Wildman–Crippen MR) is 85.7 cm³/mol. The first kappa shape index (κ1) is 16.0. The quantitative estimate of drug-likeness (QED) is 0.881. The highest BCUT2D eigenvalue weighted by Gasteiger charge is 2.27. The van der Waals surface area contributed by atoms with Crippen LogP contribution in [-0.2, 0) is 19.9 Å². The van der Waals surface area contributed by atoms with Crippen molar-refractivity contribution in [2.24, 2.45) is 18.9 Å². The van der Waals surface area contributed by atoms with Crippen LogP contribution in [-0.4, -0.2) is 21.0 Å². The molecule has 1 heterocycles. The highest BCUT2D eigenvalue weighted by molar-refractivity contribution is 9.10. The van der Waals surface area contributed by atoms with Gasteiger partial charge in [0.2, 0.25) is 0 Å². The Kier molecular flexibility index (Phi) is 5.67. The molecule has 1 saturated carbocycles. The molecule has 1 unspecified atom stereocenters. The molecule has 0 aromatic carbocycles. The van der Waals surface area contributed by atoms with Gasteiger partial charge in [-0.2, -0.15) is 5.10 Å². The van der Waals surface area contributed by atoms with Gasteiger partial charge in [-0.15, -0.1) is 0 Å². The maximum atomic E-state index is 10.6. The van der Waals surface area contributed by atoms with Gasteiger partial charge in [0.1, 0.15) is 0 Å². The number of hydrogen-bond acceptors (Lipinski definition) is 2. The van der Waals surface area contributed by atoms with Gasteiger partial charge in [-0.3, -0.25) is 4.68 Å². The zero-order valence-corrected chi connectivity index (χ0v) is 14.5. The Bertz CT molecular complexity index is 436. The molecule has 1 aliphatic carbocycles. The monoisotopic (exact) mass is 342 g/mol. The van der Waals surface area contributed by atoms with Crippen molar-refractivity contribution in [3.8, 4) is 0 Å². The average molecular weight is 343 g/mol. The number of nitrogens with zero attached hydrogens (tertiary/aromatic N) is 2. The molecule has 1 aromatic heterocycles. The largest absolute Gasteiger partial charge is 0.392 e. The van der Waals surface area contributed by atoms with E-state index in [-0.39, 0.29) is 6.10 Å². The molecule has 1 N–H and O–H groups in total. The first-order chi connectivity index (χ1) is 9.56. The molecule has 20 heavy (non-hydrogen) atoms. The lowest BCUT2D eigenvalue weighted by atomic mass is 9.77. The smallest absolute Gasteiger partial charge is 0.0766 e. The standard InChI is InChI=1S/C16H27BrN2O/c1-4-11-6-8-12(9-7-11)15(20)10-14-16(17)13(5-2)18-19(14)3/h11-12,15,20H,4-10H2,1-3H3. The number of aliphatic hydroxyl groups is 1. The molecule has 0 spiro atoms. The maximum absolute atomic E-state index is 10.6. The third kappa shape index (κ3) is 3.45. The second-order valence-electron chi connectivity index (χ2n) is 6.15. The Balaban J connectivity index is 1.98. The second-order valence-corrected chi connectivity index (χ2v) is 6.94. The summed E-state index contributed by atoms with van der Waals surface area (Å²) in [5.74, 6) is 1.35. The van der Waals surface area contributed by atoms with E-state index < -0.39 is 0 Å². The van der Waals surface area contributed by atoms with Crippen molar-refractivity contribution in [1.29, 1.82) is 0 Å². The van der Waals surface area contributed by atoms with Crippen molar-refractivity contribution in [2.75, 3.05) is 0 Å². The molecule has 114 valence electrons. The van der Waals surface area contributed by atoms with Crippen molar-refractivity contribution in [3.63, 3.8) is 0 Å². The number of aryl methyl sites for hydroxylation is 2. The van der Waals surface area contributed by atoms with E-state index in [0.717, 1.165) is 28.2 Å². The summed E-state index contributed by atoms with van der Waals surface area (Å²) in [6, 6.07) is 0. The van der Waals surface area contributed by atoms with Crippen LogP contribution in [0.5, 0.6) is 0 Å². The summed E-state index contributed by atoms with van der Waals surface area (Å²) >= 11 is 3.64. The zero-order valence-electron chi connectivity index (χ0n) is 12.9. The molecule has 4 heteroatoms. The van der Waals surface area contributed by atoms with Crippen LogP contribution >= 0.6 is 15.9 Å². The van der Waals surface area contributed by atoms with Gasteiger partial charge in [-0.25, -0.2) is 0 Å². The van der Waals surface area contributed by atoms with Gasteiger partial charge in [-0.05, 0) is 47.0 Å². The molecule has 0 bridgehead atoms. The topological polar surface area (TPSA) is 38.0 Å². The van der Waals surface area contributed by atoms with E-state index >= 15 is 0 Å². The van der Waals surface area contributed by atoms with Crippen molar-refractivity contribution in [2.45, 2.75) is 64.9 Å². The number of rotatable bonds is 5. The Morgan fingerprint density at radius 3 is 2.45 bits per heavy atom. The third-order valence-corrected chi connectivity index (χ3v) is 5.83. The fraction of sp³-hybridized carbons (Fsp3) is 0.812. The molecule has 1 aromatic rings. The molecule has 0 aliphatic heterocycles. The summed E-state index contributed by atoms with van der Waals surface area (Å²) < 4.78 is 3.01. The first-order valence-electron chi connectivity index (χ1n) is 7.95. The molecule has 1 atom stereocenters. The van der Waals surface area contributed by atoms with Crippen LogP contribution in [0.25, 0.3) is 0 Å². The van der Waals surface area contributed by atoms with Crippen molar-refractivity contribution >= 4 is 15.9 Å². The van der Waals surface area contributed by atoms with Gasteiger partial charge in [0.25, 0.3) is 0 Å². The number of halogens is 1. The molecular formula is C16H27BrN2O. The molecule has 0 radical (unpaired) electrons. The Labute approximate surface area is 130 Å². The van der Waals surface area contributed by atoms with Gasteiger partial charge in [0, 0.05) is 13.5 Å². The predicted octanol–water partition coefficient (Wildman–Crippen LogP) is 3.86. The van der Waals surface area contributed by atoms with Crippen LogP contribution in [0.1, 0.15) is 57.3 Å². The normalized spacial score (nSPS) is 24.9. The molecule has 3 nitrogen and oxygen atoms in total. The minimum Gasteiger partial charge on any atom is -0.392 e. The number of aromatic nitrogens is 2. The number of hydrogen-bond donors (Lipinski definition) is 1. The zero-order chi connectivity index (χ0) is 14.7. The van der Waals surface area contributed by atoms with Gasteiger partial charge in [0.05, 0.1) is 22.0 Å².